The Balaban J connectivity index is 1.83. The van der Waals surface area contributed by atoms with Gasteiger partial charge in [-0.1, -0.05) is 23.4 Å². The third-order valence-corrected chi connectivity index (χ3v) is 3.53. The van der Waals surface area contributed by atoms with Crippen LogP contribution in [0.4, 0.5) is 0 Å². The zero-order chi connectivity index (χ0) is 14.8. The van der Waals surface area contributed by atoms with Crippen molar-refractivity contribution in [3.05, 3.63) is 42.2 Å². The van der Waals surface area contributed by atoms with E-state index < -0.39 is 12.0 Å². The van der Waals surface area contributed by atoms with Crippen LogP contribution in [-0.4, -0.2) is 49.5 Å². The maximum absolute atomic E-state index is 12.4. The van der Waals surface area contributed by atoms with Gasteiger partial charge in [-0.15, -0.1) is 5.10 Å². The van der Waals surface area contributed by atoms with Crippen LogP contribution < -0.4 is 0 Å². The molecule has 0 aliphatic carbocycles. The van der Waals surface area contributed by atoms with Gasteiger partial charge >= 0.3 is 5.97 Å². The Labute approximate surface area is 120 Å². The monoisotopic (exact) mass is 286 g/mol. The van der Waals surface area contributed by atoms with Crippen LogP contribution in [0.1, 0.15) is 23.3 Å². The maximum Gasteiger partial charge on any atom is 0.326 e. The minimum Gasteiger partial charge on any atom is -0.480 e. The van der Waals surface area contributed by atoms with Gasteiger partial charge in [0.25, 0.3) is 5.91 Å². The number of hydrogen-bond acceptors (Lipinski definition) is 4. The highest BCUT2D eigenvalue weighted by molar-refractivity contribution is 5.95. The first-order valence-electron chi connectivity index (χ1n) is 6.68. The molecule has 0 bridgehead atoms. The summed E-state index contributed by atoms with van der Waals surface area (Å²) in [5.74, 6) is -1.36. The highest BCUT2D eigenvalue weighted by Gasteiger charge is 2.35. The molecule has 1 aliphatic rings. The first-order valence-corrected chi connectivity index (χ1v) is 6.68. The van der Waals surface area contributed by atoms with E-state index in [0.717, 1.165) is 5.69 Å². The van der Waals surface area contributed by atoms with Crippen molar-refractivity contribution >= 4 is 11.9 Å². The molecule has 0 spiro atoms. The lowest BCUT2D eigenvalue weighted by Gasteiger charge is -2.19. The summed E-state index contributed by atoms with van der Waals surface area (Å²) < 4.78 is 1.50. The van der Waals surface area contributed by atoms with Crippen molar-refractivity contribution in [2.45, 2.75) is 18.9 Å². The zero-order valence-corrected chi connectivity index (χ0v) is 11.2. The van der Waals surface area contributed by atoms with Gasteiger partial charge in [0.1, 0.15) is 6.04 Å². The normalized spacial score (nSPS) is 17.9. The van der Waals surface area contributed by atoms with E-state index in [4.69, 9.17) is 5.11 Å². The Bertz CT molecular complexity index is 668. The highest BCUT2D eigenvalue weighted by atomic mass is 16.4. The van der Waals surface area contributed by atoms with Gasteiger partial charge in [-0.25, -0.2) is 9.48 Å². The Morgan fingerprint density at radius 2 is 2.00 bits per heavy atom. The standard InChI is InChI=1S/C14H14N4O3/c19-13(17-8-4-7-12(17)14(20)21)11-9-18(16-15-11)10-5-2-1-3-6-10/h1-3,5-6,9,12H,4,7-8H2,(H,20,21)/t12-/m0/s1. The molecule has 3 rings (SSSR count). The van der Waals surface area contributed by atoms with Crippen LogP contribution in [0, 0.1) is 0 Å². The fourth-order valence-electron chi connectivity index (χ4n) is 2.48. The van der Waals surface area contributed by atoms with Crippen LogP contribution in [0.25, 0.3) is 5.69 Å². The second-order valence-corrected chi connectivity index (χ2v) is 4.88. The molecular weight excluding hydrogens is 272 g/mol. The maximum atomic E-state index is 12.4. The molecule has 7 nitrogen and oxygen atoms in total. The summed E-state index contributed by atoms with van der Waals surface area (Å²) in [5.41, 5.74) is 0.951. The molecule has 1 amide bonds. The predicted molar refractivity (Wildman–Crippen MR) is 73.1 cm³/mol. The molecule has 0 saturated carbocycles. The van der Waals surface area contributed by atoms with Crippen molar-refractivity contribution in [1.82, 2.24) is 19.9 Å². The van der Waals surface area contributed by atoms with Crippen molar-refractivity contribution in [2.75, 3.05) is 6.54 Å². The molecule has 1 aromatic carbocycles. The van der Waals surface area contributed by atoms with E-state index in [1.54, 1.807) is 0 Å². The van der Waals surface area contributed by atoms with E-state index in [9.17, 15) is 9.59 Å². The molecule has 1 fully saturated rings. The largest absolute Gasteiger partial charge is 0.480 e. The average Bonchev–Trinajstić information content (AvgIpc) is 3.17. The Morgan fingerprint density at radius 1 is 1.24 bits per heavy atom. The number of nitrogens with zero attached hydrogens (tertiary/aromatic N) is 4. The SMILES string of the molecule is O=C(O)[C@@H]1CCCN1C(=O)c1cn(-c2ccccc2)nn1. The van der Waals surface area contributed by atoms with Crippen molar-refractivity contribution in [3.63, 3.8) is 0 Å². The summed E-state index contributed by atoms with van der Waals surface area (Å²) in [5, 5.41) is 16.9. The van der Waals surface area contributed by atoms with Crippen LogP contribution in [-0.2, 0) is 4.79 Å². The molecule has 1 saturated heterocycles. The highest BCUT2D eigenvalue weighted by Crippen LogP contribution is 2.19. The van der Waals surface area contributed by atoms with Gasteiger partial charge in [-0.2, -0.15) is 0 Å². The molecule has 2 heterocycles. The van der Waals surface area contributed by atoms with Crippen molar-refractivity contribution in [1.29, 1.82) is 0 Å². The Kier molecular flexibility index (Phi) is 3.39. The fraction of sp³-hybridized carbons (Fsp3) is 0.286. The third-order valence-electron chi connectivity index (χ3n) is 3.53. The summed E-state index contributed by atoms with van der Waals surface area (Å²) in [4.78, 5) is 24.8. The second-order valence-electron chi connectivity index (χ2n) is 4.88. The number of benzene rings is 1. The first-order chi connectivity index (χ1) is 10.2. The van der Waals surface area contributed by atoms with Gasteiger partial charge in [-0.05, 0) is 25.0 Å². The lowest BCUT2D eigenvalue weighted by Crippen LogP contribution is -2.40. The number of aliphatic carboxylic acids is 1. The number of amides is 1. The van der Waals surface area contributed by atoms with Crippen molar-refractivity contribution in [2.24, 2.45) is 0 Å². The summed E-state index contributed by atoms with van der Waals surface area (Å²) in [6.45, 7) is 0.438. The van der Waals surface area contributed by atoms with Gasteiger partial charge in [-0.3, -0.25) is 4.79 Å². The van der Waals surface area contributed by atoms with E-state index in [1.807, 2.05) is 30.3 Å². The molecule has 1 atom stereocenters. The molecule has 0 radical (unpaired) electrons. The molecule has 1 N–H and O–H groups in total. The van der Waals surface area contributed by atoms with Gasteiger partial charge in [0.2, 0.25) is 0 Å². The molecule has 1 aromatic heterocycles. The van der Waals surface area contributed by atoms with Crippen LogP contribution >= 0.6 is 0 Å². The van der Waals surface area contributed by atoms with E-state index in [-0.39, 0.29) is 11.6 Å². The quantitative estimate of drug-likeness (QED) is 0.907. The van der Waals surface area contributed by atoms with E-state index in [2.05, 4.69) is 10.3 Å². The van der Waals surface area contributed by atoms with Gasteiger partial charge in [0.05, 0.1) is 11.9 Å². The van der Waals surface area contributed by atoms with Crippen molar-refractivity contribution < 1.29 is 14.7 Å². The molecule has 1 aliphatic heterocycles. The lowest BCUT2D eigenvalue weighted by molar-refractivity contribution is -0.141. The summed E-state index contributed by atoms with van der Waals surface area (Å²) in [6, 6.07) is 8.53. The number of rotatable bonds is 3. The zero-order valence-electron chi connectivity index (χ0n) is 11.2. The molecule has 2 aromatic rings. The molecule has 108 valence electrons. The number of likely N-dealkylation sites (tertiary alicyclic amines) is 1. The smallest absolute Gasteiger partial charge is 0.326 e. The van der Waals surface area contributed by atoms with Crippen LogP contribution in [0.3, 0.4) is 0 Å². The molecule has 21 heavy (non-hydrogen) atoms. The number of carboxylic acids is 1. The predicted octanol–water partition coefficient (Wildman–Crippen LogP) is 0.956. The second kappa shape index (κ2) is 5.35. The van der Waals surface area contributed by atoms with Crippen LogP contribution in [0.2, 0.25) is 0 Å². The van der Waals surface area contributed by atoms with E-state index in [0.29, 0.717) is 19.4 Å². The molecule has 7 heteroatoms. The molecular formula is C14H14N4O3. The average molecular weight is 286 g/mol. The minimum atomic E-state index is -0.976. The number of carboxylic acid groups (broad SMARTS) is 1. The lowest BCUT2D eigenvalue weighted by atomic mass is 10.2. The van der Waals surface area contributed by atoms with Crippen LogP contribution in [0.15, 0.2) is 36.5 Å². The van der Waals surface area contributed by atoms with Gasteiger partial charge in [0, 0.05) is 6.54 Å². The fourth-order valence-corrected chi connectivity index (χ4v) is 2.48. The summed E-state index contributed by atoms with van der Waals surface area (Å²) in [7, 11) is 0. The summed E-state index contributed by atoms with van der Waals surface area (Å²) >= 11 is 0. The van der Waals surface area contributed by atoms with Crippen molar-refractivity contribution in [3.8, 4) is 5.69 Å². The van der Waals surface area contributed by atoms with E-state index in [1.165, 1.54) is 15.8 Å². The third kappa shape index (κ3) is 2.49. The van der Waals surface area contributed by atoms with E-state index >= 15 is 0 Å². The number of hydrogen-bond donors (Lipinski definition) is 1. The number of aromatic nitrogens is 3. The Morgan fingerprint density at radius 3 is 2.71 bits per heavy atom. The Hall–Kier alpha value is -2.70. The van der Waals surface area contributed by atoms with Crippen LogP contribution in [0.5, 0.6) is 0 Å². The van der Waals surface area contributed by atoms with Gasteiger partial charge in [0.15, 0.2) is 5.69 Å². The number of para-hydroxylation sites is 1. The summed E-state index contributed by atoms with van der Waals surface area (Å²) in [6.07, 6.45) is 2.69. The molecule has 0 unspecified atom stereocenters. The van der Waals surface area contributed by atoms with Gasteiger partial charge < -0.3 is 10.0 Å². The minimum absolute atomic E-state index is 0.159. The number of carbonyl (C=O) groups is 2. The topological polar surface area (TPSA) is 88.3 Å². The first kappa shape index (κ1) is 13.3. The number of carbonyl (C=O) groups excluding carboxylic acids is 1.